The molecule has 3 unspecified atom stereocenters. The quantitative estimate of drug-likeness (QED) is 0.272. The fraction of sp³-hybridized carbons (Fsp3) is 0.429. The summed E-state index contributed by atoms with van der Waals surface area (Å²) in [5, 5.41) is 0.948. The lowest BCUT2D eigenvalue weighted by Gasteiger charge is -2.37. The molecule has 1 aliphatic rings. The van der Waals surface area contributed by atoms with Crippen LogP contribution < -0.4 is 4.74 Å². The number of esters is 1. The summed E-state index contributed by atoms with van der Waals surface area (Å²) < 4.78 is 55.7. The molecule has 0 saturated heterocycles. The summed E-state index contributed by atoms with van der Waals surface area (Å²) >= 11 is 0. The van der Waals surface area contributed by atoms with Crippen molar-refractivity contribution in [2.75, 3.05) is 0 Å². The molecular formula is C28H31F3N2O3. The second-order valence-electron chi connectivity index (χ2n) is 9.41. The Labute approximate surface area is 208 Å². The van der Waals surface area contributed by atoms with Gasteiger partial charge in [-0.05, 0) is 62.9 Å². The van der Waals surface area contributed by atoms with Crippen molar-refractivity contribution in [2.45, 2.75) is 64.8 Å². The molecule has 1 fully saturated rings. The van der Waals surface area contributed by atoms with Crippen molar-refractivity contribution in [3.63, 3.8) is 0 Å². The van der Waals surface area contributed by atoms with Gasteiger partial charge < -0.3 is 14.0 Å². The minimum atomic E-state index is -4.63. The number of aromatic nitrogens is 2. The molecule has 0 aliphatic heterocycles. The fourth-order valence-electron chi connectivity index (χ4n) is 5.08. The Hall–Kier alpha value is -3.29. The lowest BCUT2D eigenvalue weighted by atomic mass is 9.83. The van der Waals surface area contributed by atoms with Crippen molar-refractivity contribution in [2.24, 2.45) is 12.5 Å². The van der Waals surface area contributed by atoms with Crippen molar-refractivity contribution >= 4 is 16.9 Å². The number of aryl methyl sites for hydroxylation is 3. The van der Waals surface area contributed by atoms with E-state index in [1.165, 1.54) is 0 Å². The van der Waals surface area contributed by atoms with E-state index in [9.17, 15) is 18.0 Å². The van der Waals surface area contributed by atoms with Gasteiger partial charge in [-0.25, -0.2) is 4.79 Å². The molecule has 0 spiro atoms. The highest BCUT2D eigenvalue weighted by Crippen LogP contribution is 2.53. The number of carbonyl (C=O) groups excluding carboxylic acids is 1. The van der Waals surface area contributed by atoms with Crippen molar-refractivity contribution in [3.05, 3.63) is 60.4 Å². The molecule has 4 rings (SSSR count). The van der Waals surface area contributed by atoms with Crippen LogP contribution in [0.1, 0.15) is 45.0 Å². The molecule has 0 amide bonds. The van der Waals surface area contributed by atoms with E-state index in [2.05, 4.69) is 32.6 Å². The largest absolute Gasteiger partial charge is 0.489 e. The standard InChI is InChI=1S/C28H31F3N2O3/c1-6-18-10-12-20(21(7-2)32-18)23-15-17-9-11-19(16-22(17)33(23)5)35-24-13-14-25(36-26(34)8-3)27(24,4)28(29,30)31/h8-12,15-16,24-25H,3,6-7,13-14H2,1-2,4-5H3. The van der Waals surface area contributed by atoms with E-state index in [-0.39, 0.29) is 12.8 Å². The third kappa shape index (κ3) is 4.38. The van der Waals surface area contributed by atoms with Gasteiger partial charge in [0.05, 0.1) is 11.2 Å². The van der Waals surface area contributed by atoms with Gasteiger partial charge in [-0.15, -0.1) is 0 Å². The van der Waals surface area contributed by atoms with Crippen molar-refractivity contribution in [1.82, 2.24) is 9.55 Å². The van der Waals surface area contributed by atoms with Gasteiger partial charge in [0.2, 0.25) is 0 Å². The molecule has 2 aromatic heterocycles. The van der Waals surface area contributed by atoms with E-state index in [0.717, 1.165) is 59.4 Å². The summed E-state index contributed by atoms with van der Waals surface area (Å²) in [6.45, 7) is 8.48. The summed E-state index contributed by atoms with van der Waals surface area (Å²) in [6, 6.07) is 11.5. The van der Waals surface area contributed by atoms with Crippen LogP contribution in [-0.4, -0.2) is 33.9 Å². The zero-order chi connectivity index (χ0) is 26.3. The molecule has 0 N–H and O–H groups in total. The van der Waals surface area contributed by atoms with E-state index >= 15 is 0 Å². The van der Waals surface area contributed by atoms with E-state index in [0.29, 0.717) is 5.75 Å². The summed E-state index contributed by atoms with van der Waals surface area (Å²) in [4.78, 5) is 16.4. The van der Waals surface area contributed by atoms with Gasteiger partial charge in [-0.3, -0.25) is 4.98 Å². The average Bonchev–Trinajstić information content (AvgIpc) is 3.35. The Morgan fingerprint density at radius 3 is 2.53 bits per heavy atom. The van der Waals surface area contributed by atoms with Crippen LogP contribution in [0.25, 0.3) is 22.2 Å². The van der Waals surface area contributed by atoms with Crippen LogP contribution in [0.15, 0.2) is 49.1 Å². The van der Waals surface area contributed by atoms with Crippen molar-refractivity contribution in [1.29, 1.82) is 0 Å². The predicted octanol–water partition coefficient (Wildman–Crippen LogP) is 6.57. The third-order valence-electron chi connectivity index (χ3n) is 7.36. The first-order chi connectivity index (χ1) is 17.0. The van der Waals surface area contributed by atoms with Crippen LogP contribution in [0.3, 0.4) is 0 Å². The number of alkyl halides is 3. The first-order valence-corrected chi connectivity index (χ1v) is 12.2. The highest BCUT2D eigenvalue weighted by Gasteiger charge is 2.66. The number of carbonyl (C=O) groups is 1. The molecule has 0 bridgehead atoms. The molecule has 3 aromatic rings. The lowest BCUT2D eigenvalue weighted by Crippen LogP contribution is -2.51. The minimum Gasteiger partial charge on any atom is -0.489 e. The van der Waals surface area contributed by atoms with Crippen LogP contribution in [0.2, 0.25) is 0 Å². The van der Waals surface area contributed by atoms with Crippen LogP contribution in [0.5, 0.6) is 5.75 Å². The maximum atomic E-state index is 14.2. The Balaban J connectivity index is 1.68. The maximum Gasteiger partial charge on any atom is 0.401 e. The average molecular weight is 501 g/mol. The third-order valence-corrected chi connectivity index (χ3v) is 7.36. The number of hydrogen-bond acceptors (Lipinski definition) is 4. The Morgan fingerprint density at radius 1 is 1.17 bits per heavy atom. The summed E-state index contributed by atoms with van der Waals surface area (Å²) in [7, 11) is 1.93. The molecule has 36 heavy (non-hydrogen) atoms. The molecule has 192 valence electrons. The smallest absolute Gasteiger partial charge is 0.401 e. The number of halogens is 3. The predicted molar refractivity (Wildman–Crippen MR) is 133 cm³/mol. The van der Waals surface area contributed by atoms with Gasteiger partial charge in [0.1, 0.15) is 23.4 Å². The fourth-order valence-corrected chi connectivity index (χ4v) is 5.08. The van der Waals surface area contributed by atoms with Crippen LogP contribution in [0, 0.1) is 5.41 Å². The molecule has 5 nitrogen and oxygen atoms in total. The van der Waals surface area contributed by atoms with Gasteiger partial charge in [0.15, 0.2) is 0 Å². The second kappa shape index (κ2) is 9.64. The number of ether oxygens (including phenoxy) is 2. The van der Waals surface area contributed by atoms with Gasteiger partial charge in [0, 0.05) is 41.5 Å². The zero-order valence-electron chi connectivity index (χ0n) is 21.0. The molecular weight excluding hydrogens is 469 g/mol. The van der Waals surface area contributed by atoms with Crippen molar-refractivity contribution < 1.29 is 27.4 Å². The SMILES string of the molecule is C=CC(=O)OC1CCC(Oc2ccc3cc(-c4ccc(CC)nc4CC)n(C)c3c2)C1(C)C(F)(F)F. The lowest BCUT2D eigenvalue weighted by molar-refractivity contribution is -0.262. The van der Waals surface area contributed by atoms with Gasteiger partial charge >= 0.3 is 12.1 Å². The summed E-state index contributed by atoms with van der Waals surface area (Å²) in [5.74, 6) is -0.539. The normalized spacial score (nSPS) is 22.1. The van der Waals surface area contributed by atoms with Crippen LogP contribution in [-0.2, 0) is 29.4 Å². The topological polar surface area (TPSA) is 53.4 Å². The number of rotatable bonds is 7. The number of benzene rings is 1. The minimum absolute atomic E-state index is 0.0529. The van der Waals surface area contributed by atoms with Gasteiger partial charge in [0.25, 0.3) is 0 Å². The van der Waals surface area contributed by atoms with Crippen LogP contribution in [0.4, 0.5) is 13.2 Å². The van der Waals surface area contributed by atoms with Crippen molar-refractivity contribution in [3.8, 4) is 17.0 Å². The Kier molecular flexibility index (Phi) is 6.90. The molecule has 0 radical (unpaired) electrons. The molecule has 3 atom stereocenters. The monoisotopic (exact) mass is 500 g/mol. The summed E-state index contributed by atoms with van der Waals surface area (Å²) in [6.07, 6.45) is -4.49. The highest BCUT2D eigenvalue weighted by atomic mass is 19.4. The van der Waals surface area contributed by atoms with E-state index < -0.39 is 29.8 Å². The van der Waals surface area contributed by atoms with Crippen LogP contribution >= 0.6 is 0 Å². The highest BCUT2D eigenvalue weighted by molar-refractivity contribution is 5.88. The maximum absolute atomic E-state index is 14.2. The Bertz CT molecular complexity index is 1300. The summed E-state index contributed by atoms with van der Waals surface area (Å²) in [5.41, 5.74) is 2.54. The van der Waals surface area contributed by atoms with E-state index in [4.69, 9.17) is 14.5 Å². The number of hydrogen-bond donors (Lipinski definition) is 0. The molecule has 2 heterocycles. The van der Waals surface area contributed by atoms with E-state index in [1.807, 2.05) is 23.7 Å². The van der Waals surface area contributed by atoms with Gasteiger partial charge in [-0.1, -0.05) is 20.4 Å². The number of nitrogens with zero attached hydrogens (tertiary/aromatic N) is 2. The Morgan fingerprint density at radius 2 is 1.89 bits per heavy atom. The first kappa shape index (κ1) is 25.8. The molecule has 8 heteroatoms. The second-order valence-corrected chi connectivity index (χ2v) is 9.41. The molecule has 1 saturated carbocycles. The zero-order valence-corrected chi connectivity index (χ0v) is 21.0. The first-order valence-electron chi connectivity index (χ1n) is 12.2. The number of fused-ring (bicyclic) bond motifs is 1. The molecule has 1 aromatic carbocycles. The molecule has 1 aliphatic carbocycles. The van der Waals surface area contributed by atoms with E-state index in [1.54, 1.807) is 12.1 Å². The van der Waals surface area contributed by atoms with Gasteiger partial charge in [-0.2, -0.15) is 13.2 Å². The number of pyridine rings is 1.